The van der Waals surface area contributed by atoms with E-state index in [0.29, 0.717) is 5.75 Å². The monoisotopic (exact) mass is 214 g/mol. The van der Waals surface area contributed by atoms with E-state index in [2.05, 4.69) is 25.1 Å². The Morgan fingerprint density at radius 3 is 2.50 bits per heavy atom. The number of phenolic OH excluding ortho intramolecular Hbond substituents is 1. The van der Waals surface area contributed by atoms with Gasteiger partial charge in [0.15, 0.2) is 0 Å². The number of rotatable bonds is 4. The SMILES string of the molecule is CCCCCc1ccc2cc(O)ccc2c1. The molecule has 2 aromatic carbocycles. The molecule has 1 nitrogen and oxygen atoms in total. The Hall–Kier alpha value is -1.50. The van der Waals surface area contributed by atoms with Gasteiger partial charge in [0.05, 0.1) is 0 Å². The van der Waals surface area contributed by atoms with Crippen LogP contribution in [0.25, 0.3) is 10.8 Å². The molecule has 0 aromatic heterocycles. The molecule has 0 atom stereocenters. The van der Waals surface area contributed by atoms with Gasteiger partial charge in [-0.2, -0.15) is 0 Å². The lowest BCUT2D eigenvalue weighted by Gasteiger charge is -2.04. The molecule has 0 saturated heterocycles. The summed E-state index contributed by atoms with van der Waals surface area (Å²) in [5.74, 6) is 0.339. The minimum atomic E-state index is 0.339. The predicted octanol–water partition coefficient (Wildman–Crippen LogP) is 4.28. The van der Waals surface area contributed by atoms with Crippen LogP contribution in [0.15, 0.2) is 36.4 Å². The lowest BCUT2D eigenvalue weighted by atomic mass is 10.0. The largest absolute Gasteiger partial charge is 0.508 e. The van der Waals surface area contributed by atoms with E-state index >= 15 is 0 Å². The van der Waals surface area contributed by atoms with Gasteiger partial charge < -0.3 is 5.11 Å². The van der Waals surface area contributed by atoms with E-state index in [1.165, 1.54) is 30.2 Å². The van der Waals surface area contributed by atoms with Crippen molar-refractivity contribution in [2.45, 2.75) is 32.6 Å². The molecule has 1 N–H and O–H groups in total. The van der Waals surface area contributed by atoms with Gasteiger partial charge in [-0.1, -0.05) is 44.0 Å². The second-order valence-electron chi connectivity index (χ2n) is 4.32. The van der Waals surface area contributed by atoms with Crippen molar-refractivity contribution in [1.29, 1.82) is 0 Å². The molecule has 0 unspecified atom stereocenters. The molecule has 0 aliphatic rings. The molecule has 0 fully saturated rings. The summed E-state index contributed by atoms with van der Waals surface area (Å²) in [7, 11) is 0. The van der Waals surface area contributed by atoms with E-state index in [9.17, 15) is 5.11 Å². The molecular formula is C15H18O. The van der Waals surface area contributed by atoms with Crippen LogP contribution in [0.2, 0.25) is 0 Å². The Bertz CT molecular complexity index is 474. The summed E-state index contributed by atoms with van der Waals surface area (Å²) in [4.78, 5) is 0. The normalized spacial score (nSPS) is 10.8. The quantitative estimate of drug-likeness (QED) is 0.753. The topological polar surface area (TPSA) is 20.2 Å². The van der Waals surface area contributed by atoms with Gasteiger partial charge >= 0.3 is 0 Å². The minimum Gasteiger partial charge on any atom is -0.508 e. The van der Waals surface area contributed by atoms with E-state index in [-0.39, 0.29) is 0 Å². The summed E-state index contributed by atoms with van der Waals surface area (Å²) in [6, 6.07) is 12.0. The van der Waals surface area contributed by atoms with E-state index < -0.39 is 0 Å². The lowest BCUT2D eigenvalue weighted by Crippen LogP contribution is -1.85. The third-order valence-electron chi connectivity index (χ3n) is 2.96. The highest BCUT2D eigenvalue weighted by atomic mass is 16.3. The fourth-order valence-corrected chi connectivity index (χ4v) is 2.02. The Morgan fingerprint density at radius 2 is 1.69 bits per heavy atom. The molecule has 0 saturated carbocycles. The Balaban J connectivity index is 2.20. The molecule has 84 valence electrons. The van der Waals surface area contributed by atoms with Crippen molar-refractivity contribution in [3.63, 3.8) is 0 Å². The van der Waals surface area contributed by atoms with Crippen molar-refractivity contribution >= 4 is 10.8 Å². The Labute approximate surface area is 96.7 Å². The van der Waals surface area contributed by atoms with Crippen LogP contribution in [-0.2, 0) is 6.42 Å². The van der Waals surface area contributed by atoms with Crippen LogP contribution in [0.4, 0.5) is 0 Å². The second kappa shape index (κ2) is 5.02. The van der Waals surface area contributed by atoms with Gasteiger partial charge in [0.2, 0.25) is 0 Å². The number of phenols is 1. The standard InChI is InChI=1S/C15H18O/c1-2-3-4-5-12-6-7-14-11-15(16)9-8-13(14)10-12/h6-11,16H,2-5H2,1H3. The van der Waals surface area contributed by atoms with Crippen LogP contribution in [0.1, 0.15) is 31.7 Å². The van der Waals surface area contributed by atoms with Crippen LogP contribution in [0.5, 0.6) is 5.75 Å². The summed E-state index contributed by atoms with van der Waals surface area (Å²) < 4.78 is 0. The van der Waals surface area contributed by atoms with Gasteiger partial charge in [0.25, 0.3) is 0 Å². The number of benzene rings is 2. The molecule has 2 rings (SSSR count). The maximum Gasteiger partial charge on any atom is 0.116 e. The molecule has 2 aromatic rings. The lowest BCUT2D eigenvalue weighted by molar-refractivity contribution is 0.476. The molecule has 0 heterocycles. The molecular weight excluding hydrogens is 196 g/mol. The number of hydrogen-bond donors (Lipinski definition) is 1. The van der Waals surface area contributed by atoms with Gasteiger partial charge in [0, 0.05) is 0 Å². The van der Waals surface area contributed by atoms with Crippen LogP contribution >= 0.6 is 0 Å². The molecule has 0 bridgehead atoms. The first kappa shape index (κ1) is 11.0. The predicted molar refractivity (Wildman–Crippen MR) is 68.8 cm³/mol. The maximum atomic E-state index is 9.37. The number of fused-ring (bicyclic) bond motifs is 1. The zero-order valence-corrected chi connectivity index (χ0v) is 9.74. The highest BCUT2D eigenvalue weighted by Crippen LogP contribution is 2.21. The van der Waals surface area contributed by atoms with E-state index in [1.807, 2.05) is 12.1 Å². The fourth-order valence-electron chi connectivity index (χ4n) is 2.02. The summed E-state index contributed by atoms with van der Waals surface area (Å²) >= 11 is 0. The van der Waals surface area contributed by atoms with Crippen LogP contribution in [-0.4, -0.2) is 5.11 Å². The zero-order chi connectivity index (χ0) is 11.4. The van der Waals surface area contributed by atoms with E-state index in [0.717, 1.165) is 11.8 Å². The number of aromatic hydroxyl groups is 1. The molecule has 0 spiro atoms. The van der Waals surface area contributed by atoms with Gasteiger partial charge in [-0.25, -0.2) is 0 Å². The highest BCUT2D eigenvalue weighted by molar-refractivity contribution is 5.84. The minimum absolute atomic E-state index is 0.339. The van der Waals surface area contributed by atoms with Gasteiger partial charge in [-0.3, -0.25) is 0 Å². The Kier molecular flexibility index (Phi) is 3.45. The number of hydrogen-bond acceptors (Lipinski definition) is 1. The molecule has 0 aliphatic heterocycles. The van der Waals surface area contributed by atoms with Crippen molar-refractivity contribution in [1.82, 2.24) is 0 Å². The average molecular weight is 214 g/mol. The van der Waals surface area contributed by atoms with Crippen molar-refractivity contribution < 1.29 is 5.11 Å². The van der Waals surface area contributed by atoms with E-state index in [4.69, 9.17) is 0 Å². The molecule has 16 heavy (non-hydrogen) atoms. The summed E-state index contributed by atoms with van der Waals surface area (Å²) in [5, 5.41) is 11.7. The third kappa shape index (κ3) is 2.54. The van der Waals surface area contributed by atoms with Crippen molar-refractivity contribution in [3.05, 3.63) is 42.0 Å². The van der Waals surface area contributed by atoms with Crippen LogP contribution < -0.4 is 0 Å². The van der Waals surface area contributed by atoms with Crippen molar-refractivity contribution in [3.8, 4) is 5.75 Å². The molecule has 1 heteroatoms. The molecule has 0 aliphatic carbocycles. The smallest absolute Gasteiger partial charge is 0.116 e. The Morgan fingerprint density at radius 1 is 0.938 bits per heavy atom. The summed E-state index contributed by atoms with van der Waals surface area (Å²) in [5.41, 5.74) is 1.40. The fraction of sp³-hybridized carbons (Fsp3) is 0.333. The molecule has 0 radical (unpaired) electrons. The first-order valence-electron chi connectivity index (χ1n) is 6.01. The van der Waals surface area contributed by atoms with Gasteiger partial charge in [-0.15, -0.1) is 0 Å². The zero-order valence-electron chi connectivity index (χ0n) is 9.74. The maximum absolute atomic E-state index is 9.37. The van der Waals surface area contributed by atoms with E-state index in [1.54, 1.807) is 6.07 Å². The van der Waals surface area contributed by atoms with Crippen LogP contribution in [0, 0.1) is 0 Å². The highest BCUT2D eigenvalue weighted by Gasteiger charge is 1.98. The second-order valence-corrected chi connectivity index (χ2v) is 4.32. The van der Waals surface area contributed by atoms with Gasteiger partial charge in [-0.05, 0) is 41.3 Å². The first-order chi connectivity index (χ1) is 7.79. The third-order valence-corrected chi connectivity index (χ3v) is 2.96. The number of aryl methyl sites for hydroxylation is 1. The van der Waals surface area contributed by atoms with Crippen LogP contribution in [0.3, 0.4) is 0 Å². The van der Waals surface area contributed by atoms with Crippen molar-refractivity contribution in [2.24, 2.45) is 0 Å². The summed E-state index contributed by atoms with van der Waals surface area (Å²) in [6.07, 6.45) is 4.99. The number of unbranched alkanes of at least 4 members (excludes halogenated alkanes) is 2. The first-order valence-corrected chi connectivity index (χ1v) is 6.01. The van der Waals surface area contributed by atoms with Crippen molar-refractivity contribution in [2.75, 3.05) is 0 Å². The average Bonchev–Trinajstić information content (AvgIpc) is 2.29. The molecule has 0 amide bonds. The summed E-state index contributed by atoms with van der Waals surface area (Å²) in [6.45, 7) is 2.23. The van der Waals surface area contributed by atoms with Gasteiger partial charge in [0.1, 0.15) is 5.75 Å².